The molecule has 156 valence electrons. The van der Waals surface area contributed by atoms with Crippen LogP contribution in [0.2, 0.25) is 10.0 Å². The smallest absolute Gasteiger partial charge is 0.305 e. The van der Waals surface area contributed by atoms with E-state index in [9.17, 15) is 9.59 Å². The van der Waals surface area contributed by atoms with Crippen molar-refractivity contribution in [2.75, 3.05) is 6.54 Å². The topological polar surface area (TPSA) is 66.8 Å². The maximum Gasteiger partial charge on any atom is 0.305 e. The number of rotatable bonds is 7. The van der Waals surface area contributed by atoms with Crippen LogP contribution >= 0.6 is 63.1 Å². The van der Waals surface area contributed by atoms with Gasteiger partial charge in [-0.1, -0.05) is 59.3 Å². The molecule has 2 aromatic carbocycles. The Balaban J connectivity index is 1.70. The number of benzene rings is 2. The van der Waals surface area contributed by atoms with Crippen LogP contribution in [0.15, 0.2) is 45.8 Å². The van der Waals surface area contributed by atoms with Gasteiger partial charge in [0.1, 0.15) is 16.7 Å². The number of carbonyl (C=O) groups is 2. The van der Waals surface area contributed by atoms with Gasteiger partial charge >= 0.3 is 5.97 Å². The molecule has 2 aromatic rings. The molecule has 1 N–H and O–H groups in total. The number of carboxylic acid groups (broad SMARTS) is 1. The van der Waals surface area contributed by atoms with Crippen LogP contribution in [-0.2, 0) is 16.2 Å². The first-order valence-corrected chi connectivity index (χ1v) is 11.4. The predicted molar refractivity (Wildman–Crippen MR) is 127 cm³/mol. The first-order chi connectivity index (χ1) is 14.2. The van der Waals surface area contributed by atoms with E-state index in [1.54, 1.807) is 30.3 Å². The molecule has 1 amide bonds. The molecule has 30 heavy (non-hydrogen) atoms. The maximum atomic E-state index is 12.5. The van der Waals surface area contributed by atoms with E-state index in [0.717, 1.165) is 22.9 Å². The largest absolute Gasteiger partial charge is 0.488 e. The third kappa shape index (κ3) is 5.76. The highest BCUT2D eigenvalue weighted by atomic mass is 79.9. The molecular weight excluding hydrogens is 533 g/mol. The van der Waals surface area contributed by atoms with Crippen LogP contribution in [0, 0.1) is 0 Å². The van der Waals surface area contributed by atoms with Gasteiger partial charge in [0.15, 0.2) is 0 Å². The fourth-order valence-electron chi connectivity index (χ4n) is 2.57. The maximum absolute atomic E-state index is 12.5. The molecule has 1 heterocycles. The van der Waals surface area contributed by atoms with Crippen molar-refractivity contribution >= 4 is 85.4 Å². The van der Waals surface area contributed by atoms with E-state index >= 15 is 0 Å². The zero-order chi connectivity index (χ0) is 21.8. The second-order valence-electron chi connectivity index (χ2n) is 6.19. The highest BCUT2D eigenvalue weighted by Crippen LogP contribution is 2.34. The summed E-state index contributed by atoms with van der Waals surface area (Å²) in [5, 5.41) is 9.90. The number of aliphatic carboxylic acids is 1. The number of amides is 1. The number of hydrogen-bond acceptors (Lipinski definition) is 5. The molecule has 0 saturated carbocycles. The molecule has 5 nitrogen and oxygen atoms in total. The first-order valence-electron chi connectivity index (χ1n) is 8.58. The van der Waals surface area contributed by atoms with Crippen LogP contribution in [0.5, 0.6) is 5.75 Å². The number of halogens is 3. The highest BCUT2D eigenvalue weighted by molar-refractivity contribution is 9.10. The third-order valence-corrected chi connectivity index (χ3v) is 6.66. The molecule has 1 fully saturated rings. The van der Waals surface area contributed by atoms with Crippen molar-refractivity contribution in [3.63, 3.8) is 0 Å². The second kappa shape index (κ2) is 10.2. The Labute approximate surface area is 201 Å². The number of thiocarbonyl (C=S) groups is 1. The fourth-order valence-corrected chi connectivity index (χ4v) is 4.85. The van der Waals surface area contributed by atoms with Crippen LogP contribution in [-0.4, -0.2) is 32.7 Å². The van der Waals surface area contributed by atoms with E-state index in [2.05, 4.69) is 15.9 Å². The monoisotopic (exact) mass is 545 g/mol. The minimum Gasteiger partial charge on any atom is -0.488 e. The van der Waals surface area contributed by atoms with E-state index < -0.39 is 5.97 Å². The normalized spacial score (nSPS) is 15.2. The summed E-state index contributed by atoms with van der Waals surface area (Å²) in [7, 11) is 0. The lowest BCUT2D eigenvalue weighted by atomic mass is 10.2. The van der Waals surface area contributed by atoms with Crippen molar-refractivity contribution in [3.8, 4) is 5.75 Å². The summed E-state index contributed by atoms with van der Waals surface area (Å²) < 4.78 is 6.89. The lowest BCUT2D eigenvalue weighted by Crippen LogP contribution is -2.30. The number of carbonyl (C=O) groups excluding carboxylic acids is 1. The summed E-state index contributed by atoms with van der Waals surface area (Å²) in [6.07, 6.45) is 1.56. The van der Waals surface area contributed by atoms with Gasteiger partial charge in [-0.2, -0.15) is 0 Å². The number of carboxylic acids is 1. The lowest BCUT2D eigenvalue weighted by molar-refractivity contribution is -0.137. The Hall–Kier alpha value is -1.58. The van der Waals surface area contributed by atoms with Gasteiger partial charge in [-0.15, -0.1) is 0 Å². The first kappa shape index (κ1) is 23.1. The molecule has 0 aromatic heterocycles. The van der Waals surface area contributed by atoms with Crippen molar-refractivity contribution < 1.29 is 19.4 Å². The molecule has 1 aliphatic heterocycles. The quantitative estimate of drug-likeness (QED) is 0.339. The van der Waals surface area contributed by atoms with Gasteiger partial charge in [0.25, 0.3) is 5.91 Å². The standard InChI is InChI=1S/C20H14BrCl2NO4S2/c21-14-7-11(8-17-19(27)24(20(29)30-17)6-5-18(25)26)1-4-16(14)28-10-12-2-3-13(22)9-15(12)23/h1-4,7-9H,5-6,10H2,(H,25,26)/b17-8+. The van der Waals surface area contributed by atoms with E-state index in [1.165, 1.54) is 4.90 Å². The molecular formula is C20H14BrCl2NO4S2. The minimum atomic E-state index is -0.979. The molecule has 3 rings (SSSR count). The molecule has 0 atom stereocenters. The molecule has 0 bridgehead atoms. The van der Waals surface area contributed by atoms with Crippen LogP contribution in [0.25, 0.3) is 6.08 Å². The van der Waals surface area contributed by atoms with Crippen molar-refractivity contribution in [2.45, 2.75) is 13.0 Å². The summed E-state index contributed by atoms with van der Waals surface area (Å²) in [6.45, 7) is 0.331. The fraction of sp³-hybridized carbons (Fsp3) is 0.150. The van der Waals surface area contributed by atoms with E-state index in [1.807, 2.05) is 12.1 Å². The summed E-state index contributed by atoms with van der Waals surface area (Å²) in [5.41, 5.74) is 1.58. The average Bonchev–Trinajstić information content (AvgIpc) is 2.93. The van der Waals surface area contributed by atoms with Crippen molar-refractivity contribution in [1.29, 1.82) is 0 Å². The molecule has 1 aliphatic rings. The van der Waals surface area contributed by atoms with E-state index in [-0.39, 0.29) is 25.5 Å². The summed E-state index contributed by atoms with van der Waals surface area (Å²) >= 11 is 21.9. The molecule has 10 heteroatoms. The Bertz CT molecular complexity index is 1060. The molecule has 0 unspecified atom stereocenters. The third-order valence-electron chi connectivity index (χ3n) is 4.07. The van der Waals surface area contributed by atoms with E-state index in [0.29, 0.717) is 29.5 Å². The number of nitrogens with zero attached hydrogens (tertiary/aromatic N) is 1. The number of ether oxygens (including phenoxy) is 1. The van der Waals surface area contributed by atoms with Crippen molar-refractivity contribution in [1.82, 2.24) is 4.90 Å². The number of thioether (sulfide) groups is 1. The van der Waals surface area contributed by atoms with Gasteiger partial charge in [-0.05, 0) is 51.8 Å². The van der Waals surface area contributed by atoms with E-state index in [4.69, 9.17) is 45.3 Å². The number of hydrogen-bond donors (Lipinski definition) is 1. The molecule has 0 spiro atoms. The van der Waals surface area contributed by atoms with Gasteiger partial charge in [-0.25, -0.2) is 0 Å². The predicted octanol–water partition coefficient (Wildman–Crippen LogP) is 6.01. The Morgan fingerprint density at radius 2 is 2.03 bits per heavy atom. The Morgan fingerprint density at radius 1 is 1.27 bits per heavy atom. The molecule has 1 saturated heterocycles. The van der Waals surface area contributed by atoms with Crippen LogP contribution in [0.4, 0.5) is 0 Å². The zero-order valence-electron chi connectivity index (χ0n) is 15.2. The molecule has 0 radical (unpaired) electrons. The van der Waals surface area contributed by atoms with Crippen molar-refractivity contribution in [2.24, 2.45) is 0 Å². The lowest BCUT2D eigenvalue weighted by Gasteiger charge is -2.12. The second-order valence-corrected chi connectivity index (χ2v) is 9.57. The van der Waals surface area contributed by atoms with Gasteiger partial charge < -0.3 is 9.84 Å². The average molecular weight is 547 g/mol. The van der Waals surface area contributed by atoms with Crippen molar-refractivity contribution in [3.05, 3.63) is 66.9 Å². The van der Waals surface area contributed by atoms with Gasteiger partial charge in [-0.3, -0.25) is 14.5 Å². The van der Waals surface area contributed by atoms with Gasteiger partial charge in [0.05, 0.1) is 15.8 Å². The SMILES string of the molecule is O=C(O)CCN1C(=O)/C(=C\c2ccc(OCc3ccc(Cl)cc3Cl)c(Br)c2)SC1=S. The summed E-state index contributed by atoms with van der Waals surface area (Å²) in [5.74, 6) is -0.653. The summed E-state index contributed by atoms with van der Waals surface area (Å²) in [6, 6.07) is 10.6. The van der Waals surface area contributed by atoms with Gasteiger partial charge in [0.2, 0.25) is 0 Å². The van der Waals surface area contributed by atoms with Crippen LogP contribution in [0.1, 0.15) is 17.5 Å². The minimum absolute atomic E-state index is 0.0566. The van der Waals surface area contributed by atoms with Crippen LogP contribution in [0.3, 0.4) is 0 Å². The Kier molecular flexibility index (Phi) is 7.81. The highest BCUT2D eigenvalue weighted by Gasteiger charge is 2.32. The van der Waals surface area contributed by atoms with Crippen LogP contribution < -0.4 is 4.74 Å². The molecule has 0 aliphatic carbocycles. The van der Waals surface area contributed by atoms with Gasteiger partial charge in [0, 0.05) is 22.2 Å². The Morgan fingerprint density at radius 3 is 2.70 bits per heavy atom. The zero-order valence-corrected chi connectivity index (χ0v) is 20.0. The summed E-state index contributed by atoms with van der Waals surface area (Å²) in [4.78, 5) is 25.0.